The number of nitrogens with one attached hydrogen (secondary N) is 1. The standard InChI is InChI=1S/C10H21N3O2S.HI/c1-3-16(14,15)9-6-12-10(11-2)13-7-4-5-8-13;/h3-9H2,1-2H3,(H,11,12);1H. The summed E-state index contributed by atoms with van der Waals surface area (Å²) in [6, 6.07) is 0. The molecule has 1 N–H and O–H groups in total. The van der Waals surface area contributed by atoms with Crippen LogP contribution < -0.4 is 5.32 Å². The van der Waals surface area contributed by atoms with Crippen LogP contribution in [0.1, 0.15) is 19.8 Å². The lowest BCUT2D eigenvalue weighted by molar-refractivity contribution is 0.496. The quantitative estimate of drug-likeness (QED) is 0.447. The molecule has 0 aromatic heterocycles. The summed E-state index contributed by atoms with van der Waals surface area (Å²) in [4.78, 5) is 6.32. The van der Waals surface area contributed by atoms with Crippen molar-refractivity contribution in [3.8, 4) is 0 Å². The third-order valence-electron chi connectivity index (χ3n) is 2.75. The third-order valence-corrected chi connectivity index (χ3v) is 4.46. The summed E-state index contributed by atoms with van der Waals surface area (Å²) in [6.07, 6.45) is 2.38. The van der Waals surface area contributed by atoms with E-state index in [0.29, 0.717) is 6.54 Å². The molecule has 5 nitrogen and oxygen atoms in total. The molecule has 7 heteroatoms. The zero-order valence-electron chi connectivity index (χ0n) is 10.5. The Hall–Kier alpha value is -0.0500. The normalized spacial score (nSPS) is 16.8. The first kappa shape index (κ1) is 16.9. The first-order valence-electron chi connectivity index (χ1n) is 5.75. The van der Waals surface area contributed by atoms with Crippen molar-refractivity contribution in [1.82, 2.24) is 10.2 Å². The molecule has 0 saturated carbocycles. The number of nitrogens with zero attached hydrogens (tertiary/aromatic N) is 2. The van der Waals surface area contributed by atoms with E-state index >= 15 is 0 Å². The van der Waals surface area contributed by atoms with E-state index in [2.05, 4.69) is 15.2 Å². The fourth-order valence-electron chi connectivity index (χ4n) is 1.72. The summed E-state index contributed by atoms with van der Waals surface area (Å²) in [5, 5.41) is 3.10. The number of halogens is 1. The van der Waals surface area contributed by atoms with Crippen LogP contribution in [0.5, 0.6) is 0 Å². The van der Waals surface area contributed by atoms with Crippen molar-refractivity contribution in [3.63, 3.8) is 0 Å². The van der Waals surface area contributed by atoms with Crippen molar-refractivity contribution in [1.29, 1.82) is 0 Å². The van der Waals surface area contributed by atoms with Crippen molar-refractivity contribution in [2.75, 3.05) is 38.2 Å². The maximum Gasteiger partial charge on any atom is 0.193 e. The van der Waals surface area contributed by atoms with Gasteiger partial charge in [0.05, 0.1) is 5.75 Å². The van der Waals surface area contributed by atoms with E-state index < -0.39 is 9.84 Å². The van der Waals surface area contributed by atoms with Gasteiger partial charge in [-0.15, -0.1) is 24.0 Å². The molecule has 1 aliphatic heterocycles. The summed E-state index contributed by atoms with van der Waals surface area (Å²) in [5.74, 6) is 1.21. The van der Waals surface area contributed by atoms with E-state index in [4.69, 9.17) is 0 Å². The van der Waals surface area contributed by atoms with Crippen LogP contribution in [0.3, 0.4) is 0 Å². The zero-order valence-corrected chi connectivity index (χ0v) is 13.6. The molecule has 1 heterocycles. The molecule has 1 rings (SSSR count). The topological polar surface area (TPSA) is 61.8 Å². The lowest BCUT2D eigenvalue weighted by Crippen LogP contribution is -2.41. The van der Waals surface area contributed by atoms with E-state index in [1.807, 2.05) is 0 Å². The molecule has 0 radical (unpaired) electrons. The molecule has 1 aliphatic rings. The minimum atomic E-state index is -2.88. The van der Waals surface area contributed by atoms with Crippen LogP contribution in [0.2, 0.25) is 0 Å². The van der Waals surface area contributed by atoms with Crippen molar-refractivity contribution in [2.24, 2.45) is 4.99 Å². The molecule has 17 heavy (non-hydrogen) atoms. The van der Waals surface area contributed by atoms with Crippen LogP contribution in [0.25, 0.3) is 0 Å². The van der Waals surface area contributed by atoms with E-state index in [9.17, 15) is 8.42 Å². The monoisotopic (exact) mass is 375 g/mol. The van der Waals surface area contributed by atoms with Crippen LogP contribution in [0.4, 0.5) is 0 Å². The Bertz CT molecular complexity index is 337. The molecular weight excluding hydrogens is 353 g/mol. The molecule has 0 bridgehead atoms. The number of guanidine groups is 1. The van der Waals surface area contributed by atoms with E-state index in [1.54, 1.807) is 14.0 Å². The van der Waals surface area contributed by atoms with Gasteiger partial charge in [0, 0.05) is 32.4 Å². The molecule has 0 amide bonds. The number of hydrogen-bond acceptors (Lipinski definition) is 3. The fourth-order valence-corrected chi connectivity index (χ4v) is 2.43. The average Bonchev–Trinajstić information content (AvgIpc) is 2.78. The van der Waals surface area contributed by atoms with Gasteiger partial charge < -0.3 is 10.2 Å². The fraction of sp³-hybridized carbons (Fsp3) is 0.900. The summed E-state index contributed by atoms with van der Waals surface area (Å²) >= 11 is 0. The first-order chi connectivity index (χ1) is 7.59. The van der Waals surface area contributed by atoms with E-state index in [-0.39, 0.29) is 35.5 Å². The Morgan fingerprint density at radius 1 is 1.35 bits per heavy atom. The molecular formula is C10H22IN3O2S. The third kappa shape index (κ3) is 5.89. The maximum atomic E-state index is 11.3. The van der Waals surface area contributed by atoms with Crippen LogP contribution >= 0.6 is 24.0 Å². The molecule has 0 spiro atoms. The first-order valence-corrected chi connectivity index (χ1v) is 7.57. The minimum absolute atomic E-state index is 0. The second-order valence-electron chi connectivity index (χ2n) is 3.90. The Morgan fingerprint density at radius 2 is 1.94 bits per heavy atom. The summed E-state index contributed by atoms with van der Waals surface area (Å²) in [6.45, 7) is 4.14. The van der Waals surface area contributed by atoms with Crippen molar-refractivity contribution in [2.45, 2.75) is 19.8 Å². The van der Waals surface area contributed by atoms with Gasteiger partial charge in [-0.1, -0.05) is 6.92 Å². The Kier molecular flexibility index (Phi) is 8.10. The largest absolute Gasteiger partial charge is 0.355 e. The molecule has 1 saturated heterocycles. The summed E-state index contributed by atoms with van der Waals surface area (Å²) in [7, 11) is -1.15. The van der Waals surface area contributed by atoms with Crippen LogP contribution in [0.15, 0.2) is 4.99 Å². The van der Waals surface area contributed by atoms with Gasteiger partial charge in [0.25, 0.3) is 0 Å². The minimum Gasteiger partial charge on any atom is -0.355 e. The number of aliphatic imine (C=N–C) groups is 1. The van der Waals surface area contributed by atoms with Gasteiger partial charge in [-0.05, 0) is 12.8 Å². The molecule has 102 valence electrons. The molecule has 0 aromatic rings. The lowest BCUT2D eigenvalue weighted by Gasteiger charge is -2.20. The maximum absolute atomic E-state index is 11.3. The number of sulfone groups is 1. The van der Waals surface area contributed by atoms with Gasteiger partial charge in [0.1, 0.15) is 0 Å². The highest BCUT2D eigenvalue weighted by Gasteiger charge is 2.16. The molecule has 0 atom stereocenters. The Morgan fingerprint density at radius 3 is 2.41 bits per heavy atom. The molecule has 1 fully saturated rings. The second-order valence-corrected chi connectivity index (χ2v) is 6.38. The van der Waals surface area contributed by atoms with Crippen LogP contribution in [0, 0.1) is 0 Å². The van der Waals surface area contributed by atoms with Crippen molar-refractivity contribution in [3.05, 3.63) is 0 Å². The van der Waals surface area contributed by atoms with Gasteiger partial charge in [0.2, 0.25) is 0 Å². The van der Waals surface area contributed by atoms with Crippen molar-refractivity contribution >= 4 is 39.8 Å². The smallest absolute Gasteiger partial charge is 0.193 e. The molecule has 0 unspecified atom stereocenters. The zero-order chi connectivity index (χ0) is 12.0. The Labute approximate surface area is 121 Å². The highest BCUT2D eigenvalue weighted by Crippen LogP contribution is 2.06. The second kappa shape index (κ2) is 8.12. The van der Waals surface area contributed by atoms with Gasteiger partial charge in [-0.2, -0.15) is 0 Å². The highest BCUT2D eigenvalue weighted by molar-refractivity contribution is 14.0. The molecule has 0 aromatic carbocycles. The average molecular weight is 375 g/mol. The van der Waals surface area contributed by atoms with E-state index in [0.717, 1.165) is 19.0 Å². The van der Waals surface area contributed by atoms with Crippen LogP contribution in [-0.4, -0.2) is 57.5 Å². The van der Waals surface area contributed by atoms with Gasteiger partial charge in [-0.3, -0.25) is 4.99 Å². The number of likely N-dealkylation sites (tertiary alicyclic amines) is 1. The highest BCUT2D eigenvalue weighted by atomic mass is 127. The number of hydrogen-bond donors (Lipinski definition) is 1. The van der Waals surface area contributed by atoms with Gasteiger partial charge in [0.15, 0.2) is 15.8 Å². The molecule has 0 aliphatic carbocycles. The predicted octanol–water partition coefficient (Wildman–Crippen LogP) is 0.710. The predicted molar refractivity (Wildman–Crippen MR) is 81.9 cm³/mol. The van der Waals surface area contributed by atoms with Crippen LogP contribution in [-0.2, 0) is 9.84 Å². The number of rotatable bonds is 4. The van der Waals surface area contributed by atoms with E-state index in [1.165, 1.54) is 12.8 Å². The Balaban J connectivity index is 0.00000256. The summed E-state index contributed by atoms with van der Waals surface area (Å²) < 4.78 is 22.6. The lowest BCUT2D eigenvalue weighted by atomic mass is 10.4. The van der Waals surface area contributed by atoms with Crippen molar-refractivity contribution < 1.29 is 8.42 Å². The van der Waals surface area contributed by atoms with Gasteiger partial charge >= 0.3 is 0 Å². The summed E-state index contributed by atoms with van der Waals surface area (Å²) in [5.41, 5.74) is 0. The SMILES string of the molecule is CCS(=O)(=O)CCNC(=NC)N1CCCC1.I. The van der Waals surface area contributed by atoms with Gasteiger partial charge in [-0.25, -0.2) is 8.42 Å².